The van der Waals surface area contributed by atoms with E-state index < -0.39 is 5.82 Å². The van der Waals surface area contributed by atoms with E-state index in [0.717, 1.165) is 160 Å². The number of oxazole rings is 1. The predicted octanol–water partition coefficient (Wildman–Crippen LogP) is 23.3. The molecule has 2 N–H and O–H groups in total. The Morgan fingerprint density at radius 3 is 1.29 bits per heavy atom. The van der Waals surface area contributed by atoms with Gasteiger partial charge in [-0.2, -0.15) is 21.0 Å². The van der Waals surface area contributed by atoms with Crippen molar-refractivity contribution in [1.82, 2.24) is 42.3 Å². The second-order valence-electron chi connectivity index (χ2n) is 30.8. The highest BCUT2D eigenvalue weighted by molar-refractivity contribution is 7.13. The number of rotatable bonds is 21. The molecule has 0 saturated carbocycles. The Morgan fingerprint density at radius 1 is 0.449 bits per heavy atom. The summed E-state index contributed by atoms with van der Waals surface area (Å²) in [5.74, 6) is 11.1. The number of fused-ring (bicyclic) bond motifs is 6. The zero-order valence-electron chi connectivity index (χ0n) is 78.6. The van der Waals surface area contributed by atoms with E-state index in [-0.39, 0.29) is 17.6 Å². The van der Waals surface area contributed by atoms with Gasteiger partial charge in [0.15, 0.2) is 23.7 Å². The highest BCUT2D eigenvalue weighted by Crippen LogP contribution is 2.42. The minimum Gasteiger partial charge on any atom is -0.497 e. The molecule has 0 bridgehead atoms. The molecule has 10 aromatic carbocycles. The van der Waals surface area contributed by atoms with Gasteiger partial charge in [0.05, 0.1) is 135 Å². The van der Waals surface area contributed by atoms with Gasteiger partial charge in [0, 0.05) is 179 Å². The topological polar surface area (TPSA) is 301 Å². The summed E-state index contributed by atoms with van der Waals surface area (Å²) in [5, 5.41) is 47.7. The van der Waals surface area contributed by atoms with Crippen LogP contribution < -0.4 is 38.9 Å². The summed E-state index contributed by atoms with van der Waals surface area (Å²) in [5.41, 5.74) is 24.8. The number of benzene rings is 10. The first kappa shape index (κ1) is 96.6. The quantitative estimate of drug-likeness (QED) is 0.0397. The molecule has 0 aliphatic rings. The Balaban J connectivity index is 0.000000138. The summed E-state index contributed by atoms with van der Waals surface area (Å²) in [6.45, 7) is 19.5. The molecule has 0 aliphatic carbocycles. The molecule has 1 amide bonds. The number of nitrogens with zero attached hydrogens (tertiary/aromatic N) is 13. The summed E-state index contributed by atoms with van der Waals surface area (Å²) < 4.78 is 73.9. The minimum atomic E-state index is -0.454. The van der Waals surface area contributed by atoms with Gasteiger partial charge in [0.1, 0.15) is 69.5 Å². The van der Waals surface area contributed by atoms with E-state index in [1.165, 1.54) is 43.1 Å². The van der Waals surface area contributed by atoms with Crippen molar-refractivity contribution >= 4 is 94.3 Å². The number of nitriles is 4. The van der Waals surface area contributed by atoms with E-state index >= 15 is 0 Å². The van der Waals surface area contributed by atoms with Crippen LogP contribution in [0.25, 0.3) is 121 Å². The number of esters is 1. The van der Waals surface area contributed by atoms with Crippen LogP contribution in [0.2, 0.25) is 0 Å². The summed E-state index contributed by atoms with van der Waals surface area (Å²) in [4.78, 5) is 33.6. The molecule has 0 radical (unpaired) electrons. The summed E-state index contributed by atoms with van der Waals surface area (Å²) in [7, 11) is 14.5. The Bertz CT molecular complexity index is 7610. The maximum absolute atomic E-state index is 14.1. The van der Waals surface area contributed by atoms with Gasteiger partial charge >= 0.3 is 5.97 Å². The number of ether oxygens (including phenoxy) is 8. The Morgan fingerprint density at radius 2 is 0.868 bits per heavy atom. The van der Waals surface area contributed by atoms with Crippen LogP contribution in [0.15, 0.2) is 241 Å². The fraction of sp³-hybridized carbons (Fsp3) is 0.211. The van der Waals surface area contributed by atoms with Gasteiger partial charge in [-0.15, -0.1) is 11.3 Å². The molecule has 25 nitrogen and oxygen atoms in total. The lowest BCUT2D eigenvalue weighted by molar-refractivity contribution is 0.0600. The van der Waals surface area contributed by atoms with Crippen LogP contribution in [0.3, 0.4) is 0 Å². The molecule has 18 aromatic rings. The smallest absolute Gasteiger partial charge is 0.337 e. The summed E-state index contributed by atoms with van der Waals surface area (Å²) in [6.07, 6.45) is 9.12. The van der Waals surface area contributed by atoms with Gasteiger partial charge < -0.3 is 80.3 Å². The van der Waals surface area contributed by atoms with Crippen LogP contribution in [0.1, 0.15) is 103 Å². The van der Waals surface area contributed by atoms with Gasteiger partial charge in [-0.05, 0) is 217 Å². The predicted molar refractivity (Wildman–Crippen MR) is 534 cm³/mol. The summed E-state index contributed by atoms with van der Waals surface area (Å²) >= 11 is 1.67. The number of aryl methyl sites for hydroxylation is 6. The van der Waals surface area contributed by atoms with Gasteiger partial charge in [-0.25, -0.2) is 19.2 Å². The highest BCUT2D eigenvalue weighted by Gasteiger charge is 2.25. The fourth-order valence-electron chi connectivity index (χ4n) is 16.6. The van der Waals surface area contributed by atoms with E-state index in [9.17, 15) is 35.0 Å². The number of nitrogens with two attached hydrogens (primary N) is 1. The lowest BCUT2D eigenvalue weighted by Gasteiger charge is -2.12. The van der Waals surface area contributed by atoms with Crippen molar-refractivity contribution in [3.05, 3.63) is 287 Å². The second kappa shape index (κ2) is 44.3. The third kappa shape index (κ3) is 20.1. The van der Waals surface area contributed by atoms with Crippen molar-refractivity contribution in [1.29, 1.82) is 21.0 Å². The van der Waals surface area contributed by atoms with E-state index in [1.54, 1.807) is 102 Å². The van der Waals surface area contributed by atoms with Gasteiger partial charge in [-0.1, -0.05) is 24.1 Å². The van der Waals surface area contributed by atoms with Gasteiger partial charge in [0.2, 0.25) is 0 Å². The number of hydrogen-bond donors (Lipinski definition) is 1. The number of thiazole rings is 1. The highest BCUT2D eigenvalue weighted by atomic mass is 32.1. The molecule has 136 heavy (non-hydrogen) atoms. The number of halogens is 1. The van der Waals surface area contributed by atoms with E-state index in [1.807, 2.05) is 206 Å². The maximum Gasteiger partial charge on any atom is 0.337 e. The number of methoxy groups -OCH3 is 7. The Kier molecular flexibility index (Phi) is 31.5. The van der Waals surface area contributed by atoms with Crippen molar-refractivity contribution in [2.75, 3.05) is 76.2 Å². The van der Waals surface area contributed by atoms with Gasteiger partial charge in [-0.3, -0.25) is 4.79 Å². The monoisotopic (exact) mass is 1830 g/mol. The largest absolute Gasteiger partial charge is 0.497 e. The normalized spacial score (nSPS) is 10.6. The van der Waals surface area contributed by atoms with Crippen LogP contribution in [0.5, 0.6) is 40.2 Å². The molecule has 27 heteroatoms. The molecule has 8 aromatic heterocycles. The number of hydrogen-bond acceptors (Lipinski definition) is 19. The third-order valence-electron chi connectivity index (χ3n) is 23.1. The maximum atomic E-state index is 14.1. The first-order valence-corrected chi connectivity index (χ1v) is 44.9. The average molecular weight is 1840 g/mol. The van der Waals surface area contributed by atoms with E-state index in [2.05, 4.69) is 103 Å². The number of aromatic nitrogens is 8. The molecular weight excluding hydrogens is 1730 g/mol. The minimum absolute atomic E-state index is 0.0437. The van der Waals surface area contributed by atoms with Crippen molar-refractivity contribution in [3.63, 3.8) is 0 Å². The molecule has 0 unspecified atom stereocenters. The van der Waals surface area contributed by atoms with Crippen LogP contribution >= 0.6 is 11.3 Å². The first-order valence-electron chi connectivity index (χ1n) is 44.0. The molecule has 8 heterocycles. The van der Waals surface area contributed by atoms with Crippen LogP contribution in [0.4, 0.5) is 10.1 Å². The fourth-order valence-corrected chi connectivity index (χ4v) is 17.2. The van der Waals surface area contributed by atoms with Crippen LogP contribution in [-0.2, 0) is 44.0 Å². The molecule has 688 valence electrons. The number of nitrogen functional groups attached to an aromatic ring is 1. The SMILES string of the molecule is CCOc1ccc(-c2c(C#N)c3ccc(OC)cc3n2CC)cc1.CCn1c(-c2ccc(C(=O)N(C)C)cc2)c(C#N)c2ccc(OC)cc21.CCn1c(-c2ccc(OC)c(F)c2)c(C#N)c2ccc(OC)cc21.CCn1c(C#Cc2ccc(N)cc2)c(C#N)c2ccc(OC)cc21.CCn1cc(-c2cnco2)c2ccc(C(=O)OC)cc21.CCn1cc(-c2nccs2)c2ccc(OC)cc21. The number of carbonyl (C=O) groups excluding carboxylic acids is 2. The molecule has 0 saturated heterocycles. The lowest BCUT2D eigenvalue weighted by Crippen LogP contribution is -2.21. The van der Waals surface area contributed by atoms with Gasteiger partial charge in [0.25, 0.3) is 5.91 Å². The van der Waals surface area contributed by atoms with Crippen molar-refractivity contribution < 1.29 is 56.3 Å². The standard InChI is InChI=1S/C21H21N3O2.C20H17N3O.C20H20N2O2.C19H17FN2O2.C15H14N2O3.C14H14N2OS/c1-5-24-19-12-16(26-4)10-11-17(19)18(13-22)20(24)14-6-8-15(9-7-14)21(25)23(2)3;1-3-23-19(11-6-14-4-7-15(22)8-5-14)18(13-21)17-10-9-16(24-2)12-20(17)23;1-4-22-19-12-16(23-3)10-11-17(19)18(13-21)20(22)14-6-8-15(9-7-14)24-5-2;1-4-22-17-10-13(23-2)6-7-14(17)15(11-21)19(22)12-5-8-18(24-3)16(20)9-12;1-3-17-8-12(14-7-16-9-20-14)11-5-4-10(6-13(11)17)15(18)19-2;1-3-16-9-12(14-15-6-7-18-14)11-5-4-10(17-2)8-13(11)16/h6-12H,5H2,1-4H3;4-5,7-10,12H,3,22H2,1-2H3;6-12H,4-5H2,1-3H3;5-10H,4H2,1-3H3;4-9H,3H2,1-2H3;4-9H,3H2,1-2H3. The van der Waals surface area contributed by atoms with Crippen LogP contribution in [0, 0.1) is 63.0 Å². The van der Waals surface area contributed by atoms with E-state index in [0.29, 0.717) is 75.0 Å². The molecule has 0 atom stereocenters. The average Bonchev–Trinajstić information content (AvgIpc) is 1.59. The lowest BCUT2D eigenvalue weighted by atomic mass is 10.0. The molecule has 0 spiro atoms. The first-order chi connectivity index (χ1) is 66.1. The molecular formula is C109H103FN14O11S. The van der Waals surface area contributed by atoms with Crippen molar-refractivity contribution in [2.24, 2.45) is 0 Å². The number of amides is 1. The number of carbonyl (C=O) groups is 2. The van der Waals surface area contributed by atoms with Crippen LogP contribution in [-0.4, -0.2) is 125 Å². The third-order valence-corrected chi connectivity index (χ3v) is 24.0. The molecule has 18 rings (SSSR count). The van der Waals surface area contributed by atoms with Crippen molar-refractivity contribution in [3.8, 4) is 132 Å². The Labute approximate surface area is 792 Å². The Hall–Kier alpha value is -16.9. The number of anilines is 1. The second-order valence-corrected chi connectivity index (χ2v) is 31.7. The zero-order valence-corrected chi connectivity index (χ0v) is 79.5. The van der Waals surface area contributed by atoms with Crippen molar-refractivity contribution in [2.45, 2.75) is 87.7 Å². The molecule has 0 aliphatic heterocycles. The summed E-state index contributed by atoms with van der Waals surface area (Å²) in [6, 6.07) is 71.2. The van der Waals surface area contributed by atoms with E-state index in [4.69, 9.17) is 48.0 Å². The molecule has 0 fully saturated rings. The zero-order chi connectivity index (χ0) is 97.0.